The molecule has 0 saturated heterocycles. The summed E-state index contributed by atoms with van der Waals surface area (Å²) in [6.07, 6.45) is 2.71. The van der Waals surface area contributed by atoms with Crippen molar-refractivity contribution < 1.29 is 29.3 Å². The van der Waals surface area contributed by atoms with E-state index in [1.54, 1.807) is 18.2 Å². The number of hydrogen-bond donors (Lipinski definition) is 2. The van der Waals surface area contributed by atoms with E-state index in [0.717, 1.165) is 17.9 Å². The highest BCUT2D eigenvalue weighted by molar-refractivity contribution is 6.06. The second-order valence-electron chi connectivity index (χ2n) is 4.89. The highest BCUT2D eigenvalue weighted by atomic mass is 16.5. The Labute approximate surface area is 137 Å². The van der Waals surface area contributed by atoms with Gasteiger partial charge in [-0.05, 0) is 36.3 Å². The number of ether oxygens (including phenoxy) is 1. The van der Waals surface area contributed by atoms with Gasteiger partial charge in [0.15, 0.2) is 0 Å². The van der Waals surface area contributed by atoms with Gasteiger partial charge in [0, 0.05) is 0 Å². The Morgan fingerprint density at radius 3 is 2.12 bits per heavy atom. The molecule has 2 N–H and O–H groups in total. The smallest absolute Gasteiger partial charge is 0.343 e. The number of hydrogen-bond acceptors (Lipinski definition) is 4. The first-order chi connectivity index (χ1) is 11.4. The molecular weight excluding hydrogens is 312 g/mol. The molecule has 0 fully saturated rings. The van der Waals surface area contributed by atoms with Gasteiger partial charge in [0.25, 0.3) is 0 Å². The highest BCUT2D eigenvalue weighted by Gasteiger charge is 2.23. The first-order valence-electron chi connectivity index (χ1n) is 6.94. The van der Waals surface area contributed by atoms with Gasteiger partial charge in [0.05, 0.1) is 23.0 Å². The number of aromatic carboxylic acids is 2. The average molecular weight is 326 g/mol. The highest BCUT2D eigenvalue weighted by Crippen LogP contribution is 2.20. The molecule has 0 unspecified atom stereocenters. The minimum absolute atomic E-state index is 0.00325. The maximum atomic E-state index is 12.1. The Morgan fingerprint density at radius 2 is 1.54 bits per heavy atom. The topological polar surface area (TPSA) is 101 Å². The number of carboxylic acid groups (broad SMARTS) is 2. The summed E-state index contributed by atoms with van der Waals surface area (Å²) in [7, 11) is 0. The van der Waals surface area contributed by atoms with Crippen LogP contribution in [0.25, 0.3) is 6.08 Å². The van der Waals surface area contributed by atoms with Gasteiger partial charge >= 0.3 is 17.9 Å². The number of carbonyl (C=O) groups is 3. The second kappa shape index (κ2) is 7.23. The van der Waals surface area contributed by atoms with Crippen LogP contribution in [0.2, 0.25) is 0 Å². The molecule has 0 spiro atoms. The molecule has 0 radical (unpaired) electrons. The Hall–Kier alpha value is -3.41. The molecule has 0 bridgehead atoms. The largest absolute Gasteiger partial charge is 0.478 e. The monoisotopic (exact) mass is 326 g/mol. The van der Waals surface area contributed by atoms with Crippen molar-refractivity contribution in [1.29, 1.82) is 0 Å². The second-order valence-corrected chi connectivity index (χ2v) is 4.89. The zero-order valence-corrected chi connectivity index (χ0v) is 12.7. The van der Waals surface area contributed by atoms with Gasteiger partial charge in [-0.15, -0.1) is 0 Å². The van der Waals surface area contributed by atoms with Crippen LogP contribution in [-0.4, -0.2) is 28.1 Å². The van der Waals surface area contributed by atoms with Crippen LogP contribution in [0.5, 0.6) is 0 Å². The van der Waals surface area contributed by atoms with Gasteiger partial charge in [-0.3, -0.25) is 0 Å². The molecule has 0 heterocycles. The molecule has 2 aromatic rings. The summed E-state index contributed by atoms with van der Waals surface area (Å²) >= 11 is 0. The van der Waals surface area contributed by atoms with Crippen molar-refractivity contribution in [2.24, 2.45) is 0 Å². The Bertz CT molecular complexity index is 821. The van der Waals surface area contributed by atoms with Crippen molar-refractivity contribution in [2.75, 3.05) is 0 Å². The Balaban J connectivity index is 2.29. The Kier molecular flexibility index (Phi) is 5.11. The standard InChI is InChI=1S/C18H14O6/c1-11-13(16(19)20)7-8-14(15(11)17(21)22)18(23)24-10-9-12-5-3-2-4-6-12/h2-10H,1H3,(H,19,20)(H,21,22). The van der Waals surface area contributed by atoms with Crippen LogP contribution in [0.4, 0.5) is 0 Å². The van der Waals surface area contributed by atoms with Crippen molar-refractivity contribution >= 4 is 24.0 Å². The average Bonchev–Trinajstić information content (AvgIpc) is 2.54. The predicted molar refractivity (Wildman–Crippen MR) is 86.0 cm³/mol. The third-order valence-electron chi connectivity index (χ3n) is 3.36. The maximum Gasteiger partial charge on any atom is 0.343 e. The summed E-state index contributed by atoms with van der Waals surface area (Å²) in [5, 5.41) is 18.3. The van der Waals surface area contributed by atoms with Crippen LogP contribution >= 0.6 is 0 Å². The lowest BCUT2D eigenvalue weighted by atomic mass is 9.97. The fourth-order valence-corrected chi connectivity index (χ4v) is 2.19. The fraction of sp³-hybridized carbons (Fsp3) is 0.0556. The van der Waals surface area contributed by atoms with Gasteiger partial charge in [-0.2, -0.15) is 0 Å². The zero-order valence-electron chi connectivity index (χ0n) is 12.7. The molecule has 122 valence electrons. The molecule has 0 aliphatic carbocycles. The summed E-state index contributed by atoms with van der Waals surface area (Å²) in [6.45, 7) is 1.34. The summed E-state index contributed by atoms with van der Waals surface area (Å²) in [4.78, 5) is 34.6. The number of rotatable bonds is 5. The fourth-order valence-electron chi connectivity index (χ4n) is 2.19. The third-order valence-corrected chi connectivity index (χ3v) is 3.36. The van der Waals surface area contributed by atoms with Crippen LogP contribution in [0.3, 0.4) is 0 Å². The van der Waals surface area contributed by atoms with E-state index in [9.17, 15) is 19.5 Å². The first-order valence-corrected chi connectivity index (χ1v) is 6.94. The van der Waals surface area contributed by atoms with Crippen molar-refractivity contribution in [3.8, 4) is 0 Å². The first kappa shape index (κ1) is 17.0. The molecule has 0 aliphatic rings. The zero-order chi connectivity index (χ0) is 17.7. The van der Waals surface area contributed by atoms with Crippen LogP contribution in [-0.2, 0) is 4.74 Å². The number of carboxylic acids is 2. The van der Waals surface area contributed by atoms with E-state index in [1.165, 1.54) is 13.0 Å². The summed E-state index contributed by atoms with van der Waals surface area (Å²) in [6, 6.07) is 11.4. The number of carbonyl (C=O) groups excluding carboxylic acids is 1. The molecule has 6 heteroatoms. The molecule has 0 aromatic heterocycles. The molecule has 2 rings (SSSR count). The van der Waals surface area contributed by atoms with Crippen molar-refractivity contribution in [1.82, 2.24) is 0 Å². The van der Waals surface area contributed by atoms with Gasteiger partial charge in [0.1, 0.15) is 0 Å². The molecule has 0 saturated carbocycles. The predicted octanol–water partition coefficient (Wildman–Crippen LogP) is 3.22. The van der Waals surface area contributed by atoms with E-state index in [2.05, 4.69) is 0 Å². The molecule has 0 amide bonds. The number of esters is 1. The molecule has 2 aromatic carbocycles. The molecule has 6 nitrogen and oxygen atoms in total. The lowest BCUT2D eigenvalue weighted by molar-refractivity contribution is 0.0630. The van der Waals surface area contributed by atoms with E-state index in [0.29, 0.717) is 0 Å². The SMILES string of the molecule is Cc1c(C(=O)O)ccc(C(=O)OC=Cc2ccccc2)c1C(=O)O. The quantitative estimate of drug-likeness (QED) is 0.646. The van der Waals surface area contributed by atoms with Gasteiger partial charge in [0.2, 0.25) is 0 Å². The minimum atomic E-state index is -1.39. The lowest BCUT2D eigenvalue weighted by Crippen LogP contribution is -2.14. The van der Waals surface area contributed by atoms with E-state index >= 15 is 0 Å². The van der Waals surface area contributed by atoms with Crippen LogP contribution in [0, 0.1) is 6.92 Å². The van der Waals surface area contributed by atoms with E-state index in [1.807, 2.05) is 18.2 Å². The van der Waals surface area contributed by atoms with Gasteiger partial charge < -0.3 is 14.9 Å². The molecule has 24 heavy (non-hydrogen) atoms. The van der Waals surface area contributed by atoms with Crippen molar-refractivity contribution in [3.05, 3.63) is 76.5 Å². The normalized spacial score (nSPS) is 10.5. The Morgan fingerprint density at radius 1 is 0.917 bits per heavy atom. The summed E-state index contributed by atoms with van der Waals surface area (Å²) < 4.78 is 4.95. The van der Waals surface area contributed by atoms with Crippen LogP contribution in [0.15, 0.2) is 48.7 Å². The van der Waals surface area contributed by atoms with Crippen molar-refractivity contribution in [3.63, 3.8) is 0 Å². The third kappa shape index (κ3) is 3.67. The van der Waals surface area contributed by atoms with E-state index in [-0.39, 0.29) is 22.3 Å². The minimum Gasteiger partial charge on any atom is -0.478 e. The number of benzene rings is 2. The molecular formula is C18H14O6. The summed E-state index contributed by atoms with van der Waals surface area (Å²) in [5.41, 5.74) is 0.0390. The summed E-state index contributed by atoms with van der Waals surface area (Å²) in [5.74, 6) is -3.53. The van der Waals surface area contributed by atoms with E-state index < -0.39 is 17.9 Å². The van der Waals surface area contributed by atoms with Gasteiger partial charge in [-0.25, -0.2) is 14.4 Å². The van der Waals surface area contributed by atoms with E-state index in [4.69, 9.17) is 9.84 Å². The molecule has 0 aliphatic heterocycles. The maximum absolute atomic E-state index is 12.1. The van der Waals surface area contributed by atoms with Gasteiger partial charge in [-0.1, -0.05) is 30.3 Å². The van der Waals surface area contributed by atoms with Crippen molar-refractivity contribution in [2.45, 2.75) is 6.92 Å². The van der Waals surface area contributed by atoms with Crippen LogP contribution in [0.1, 0.15) is 42.2 Å². The molecule has 0 atom stereocenters. The van der Waals surface area contributed by atoms with Crippen LogP contribution < -0.4 is 0 Å². The lowest BCUT2D eigenvalue weighted by Gasteiger charge is -2.09.